The van der Waals surface area contributed by atoms with Crippen molar-refractivity contribution in [1.29, 1.82) is 0 Å². The van der Waals surface area contributed by atoms with Crippen LogP contribution in [0.5, 0.6) is 0 Å². The van der Waals surface area contributed by atoms with E-state index in [9.17, 15) is 9.90 Å². The molecule has 3 aromatic rings. The predicted molar refractivity (Wildman–Crippen MR) is 184 cm³/mol. The second-order valence-electron chi connectivity index (χ2n) is 14.5. The number of benzene rings is 3. The van der Waals surface area contributed by atoms with Gasteiger partial charge >= 0.3 is 0 Å². The molecule has 6 rings (SSSR count). The molecule has 2 unspecified atom stereocenters. The first-order valence-corrected chi connectivity index (χ1v) is 17.2. The van der Waals surface area contributed by atoms with E-state index in [4.69, 9.17) is 44.3 Å². The van der Waals surface area contributed by atoms with Crippen LogP contribution >= 0.6 is 34.8 Å². The van der Waals surface area contributed by atoms with Crippen molar-refractivity contribution in [2.75, 3.05) is 13.1 Å². The summed E-state index contributed by atoms with van der Waals surface area (Å²) >= 11 is 17.1. The topological polar surface area (TPSA) is 71.0 Å². The van der Waals surface area contributed by atoms with Gasteiger partial charge in [-0.15, -0.1) is 0 Å². The molecule has 0 radical (unpaired) electrons. The third-order valence-corrected chi connectivity index (χ3v) is 10.2. The van der Waals surface area contributed by atoms with Gasteiger partial charge in [-0.05, 0) is 70.0 Å². The number of hydrogen-bond acceptors (Lipinski definition) is 5. The number of alkyl halides is 3. The number of carbonyl (C=O) groups is 1. The Morgan fingerprint density at radius 1 is 0.935 bits per heavy atom. The van der Waals surface area contributed by atoms with Gasteiger partial charge in [0, 0.05) is 37.7 Å². The number of likely N-dealkylation sites (tertiary alicyclic amines) is 1. The highest BCUT2D eigenvalue weighted by atomic mass is 35.6. The van der Waals surface area contributed by atoms with Gasteiger partial charge in [-0.3, -0.25) is 9.69 Å². The zero-order valence-corrected chi connectivity index (χ0v) is 28.9. The molecule has 0 spiro atoms. The molecule has 1 amide bonds. The molecule has 3 aliphatic rings. The van der Waals surface area contributed by atoms with E-state index in [-0.39, 0.29) is 25.4 Å². The number of ether oxygens (including phenoxy) is 2. The van der Waals surface area contributed by atoms with E-state index in [1.54, 1.807) is 0 Å². The highest BCUT2D eigenvalue weighted by Crippen LogP contribution is 2.53. The maximum Gasteiger partial charge on any atom is 0.272 e. The first-order chi connectivity index (χ1) is 21.8. The van der Waals surface area contributed by atoms with Crippen LogP contribution in [0.15, 0.2) is 72.8 Å². The Morgan fingerprint density at radius 3 is 2.37 bits per heavy atom. The number of rotatable bonds is 8. The molecular weight excluding hydrogens is 643 g/mol. The van der Waals surface area contributed by atoms with E-state index in [1.165, 1.54) is 19.3 Å². The van der Waals surface area contributed by atoms with Crippen molar-refractivity contribution < 1.29 is 19.4 Å². The molecular formula is C37H43Cl3N2O4. The second-order valence-corrected chi connectivity index (χ2v) is 16.8. The zero-order chi connectivity index (χ0) is 32.7. The average molecular weight is 686 g/mol. The Hall–Kier alpha value is -2.16. The van der Waals surface area contributed by atoms with Crippen LogP contribution in [-0.2, 0) is 27.4 Å². The van der Waals surface area contributed by atoms with Gasteiger partial charge in [0.15, 0.2) is 6.29 Å². The predicted octanol–water partition coefficient (Wildman–Crippen LogP) is 8.28. The van der Waals surface area contributed by atoms with Gasteiger partial charge in [-0.2, -0.15) is 0 Å². The van der Waals surface area contributed by atoms with Gasteiger partial charge in [0.1, 0.15) is 0 Å². The largest absolute Gasteiger partial charge is 0.392 e. The Balaban J connectivity index is 1.23. The molecule has 1 saturated carbocycles. The molecule has 2 heterocycles. The maximum absolute atomic E-state index is 12.1. The second kappa shape index (κ2) is 13.4. The molecule has 9 heteroatoms. The summed E-state index contributed by atoms with van der Waals surface area (Å²) in [6.07, 6.45) is 3.82. The van der Waals surface area contributed by atoms with Crippen molar-refractivity contribution in [2.45, 2.75) is 87.9 Å². The molecule has 2 N–H and O–H groups in total. The van der Waals surface area contributed by atoms with Crippen molar-refractivity contribution in [3.8, 4) is 11.1 Å². The number of halogens is 3. The third-order valence-electron chi connectivity index (χ3n) is 9.71. The van der Waals surface area contributed by atoms with E-state index in [0.29, 0.717) is 16.9 Å². The van der Waals surface area contributed by atoms with Gasteiger partial charge in [-0.1, -0.05) is 116 Å². The minimum Gasteiger partial charge on any atom is -0.392 e. The maximum atomic E-state index is 12.1. The molecule has 1 aliphatic carbocycles. The molecule has 3 fully saturated rings. The molecule has 3 aromatic carbocycles. The number of aliphatic hydroxyl groups is 1. The number of nitrogens with zero attached hydrogens (tertiary/aromatic N) is 1. The van der Waals surface area contributed by atoms with Crippen molar-refractivity contribution in [3.63, 3.8) is 0 Å². The van der Waals surface area contributed by atoms with Crippen LogP contribution in [0.3, 0.4) is 0 Å². The van der Waals surface area contributed by atoms with E-state index in [1.807, 2.05) is 42.5 Å². The Bertz CT molecular complexity index is 1540. The Labute approximate surface area is 287 Å². The SMILES string of the molecule is CC1(C)CC2CC(C)(CN2C[C@H]2C[C@@H](c3ccc(CO)cc3)O[C@@H](c3cccc(-c4cccc(CNC(=O)C(Cl)(Cl)Cl)c4)c3)O2)C1. The summed E-state index contributed by atoms with van der Waals surface area (Å²) in [4.78, 5) is 14.7. The molecule has 2 bridgehead atoms. The van der Waals surface area contributed by atoms with Gasteiger partial charge in [0.25, 0.3) is 9.70 Å². The van der Waals surface area contributed by atoms with E-state index in [0.717, 1.165) is 52.9 Å². The first-order valence-electron chi connectivity index (χ1n) is 16.1. The fourth-order valence-corrected chi connectivity index (χ4v) is 8.29. The molecule has 6 nitrogen and oxygen atoms in total. The van der Waals surface area contributed by atoms with Crippen molar-refractivity contribution >= 4 is 40.7 Å². The van der Waals surface area contributed by atoms with Crippen LogP contribution < -0.4 is 5.32 Å². The first kappa shape index (κ1) is 33.7. The summed E-state index contributed by atoms with van der Waals surface area (Å²) in [6.45, 7) is 9.52. The van der Waals surface area contributed by atoms with Gasteiger partial charge in [0.05, 0.1) is 18.8 Å². The van der Waals surface area contributed by atoms with E-state index < -0.39 is 16.0 Å². The normalized spacial score (nSPS) is 27.8. The number of nitrogens with one attached hydrogen (secondary N) is 1. The lowest BCUT2D eigenvalue weighted by molar-refractivity contribution is -0.253. The van der Waals surface area contributed by atoms with Crippen molar-refractivity contribution in [2.24, 2.45) is 10.8 Å². The number of aliphatic hydroxyl groups excluding tert-OH is 1. The van der Waals surface area contributed by atoms with Gasteiger partial charge < -0.3 is 19.9 Å². The summed E-state index contributed by atoms with van der Waals surface area (Å²) < 4.78 is 11.5. The lowest BCUT2D eigenvalue weighted by atomic mass is 9.65. The van der Waals surface area contributed by atoms with Crippen LogP contribution in [0.1, 0.15) is 81.1 Å². The molecule has 0 aromatic heterocycles. The smallest absolute Gasteiger partial charge is 0.272 e. The molecule has 2 saturated heterocycles. The van der Waals surface area contributed by atoms with Crippen LogP contribution in [0.25, 0.3) is 11.1 Å². The Kier molecular flexibility index (Phi) is 9.82. The van der Waals surface area contributed by atoms with Crippen LogP contribution in [0.2, 0.25) is 0 Å². The standard InChI is InChI=1S/C37H43Cl3N2O4/c1-35(2)17-30-18-36(3,22-35)23-42(30)20-31-16-32(26-12-10-24(21-43)11-13-26)46-33(45-31)29-9-5-8-28(15-29)27-7-4-6-25(14-27)19-41-34(44)37(38,39)40/h4-15,30-33,43H,16-23H2,1-3H3,(H,41,44)/t30?,31-,32+,33+,36?/m1/s1. The van der Waals surface area contributed by atoms with Gasteiger partial charge in [0.2, 0.25) is 0 Å². The van der Waals surface area contributed by atoms with Crippen molar-refractivity contribution in [1.82, 2.24) is 10.2 Å². The summed E-state index contributed by atoms with van der Waals surface area (Å²) in [6, 6.07) is 24.8. The van der Waals surface area contributed by atoms with Crippen LogP contribution in [0.4, 0.5) is 0 Å². The fourth-order valence-electron chi connectivity index (χ4n) is 8.09. The molecule has 246 valence electrons. The molecule has 46 heavy (non-hydrogen) atoms. The van der Waals surface area contributed by atoms with Crippen LogP contribution in [-0.4, -0.2) is 44.9 Å². The number of hydrogen-bond donors (Lipinski definition) is 2. The summed E-state index contributed by atoms with van der Waals surface area (Å²) in [7, 11) is 0. The van der Waals surface area contributed by atoms with E-state index >= 15 is 0 Å². The fraction of sp³-hybridized carbons (Fsp3) is 0.486. The molecule has 5 atom stereocenters. The minimum absolute atomic E-state index is 0.000782. The van der Waals surface area contributed by atoms with E-state index in [2.05, 4.69) is 61.3 Å². The van der Waals surface area contributed by atoms with Crippen LogP contribution in [0, 0.1) is 10.8 Å². The average Bonchev–Trinajstić information content (AvgIpc) is 3.26. The summed E-state index contributed by atoms with van der Waals surface area (Å²) in [5.74, 6) is -0.665. The van der Waals surface area contributed by atoms with Crippen molar-refractivity contribution in [3.05, 3.63) is 95.1 Å². The number of amides is 1. The third kappa shape index (κ3) is 7.92. The zero-order valence-electron chi connectivity index (χ0n) is 26.6. The highest BCUT2D eigenvalue weighted by Gasteiger charge is 2.50. The lowest BCUT2D eigenvalue weighted by Crippen LogP contribution is -2.42. The molecule has 2 aliphatic heterocycles. The quantitative estimate of drug-likeness (QED) is 0.234. The Morgan fingerprint density at radius 2 is 1.65 bits per heavy atom. The minimum atomic E-state index is -2.01. The highest BCUT2D eigenvalue weighted by molar-refractivity contribution is 6.76. The lowest BCUT2D eigenvalue weighted by Gasteiger charge is -2.41. The summed E-state index contributed by atoms with van der Waals surface area (Å²) in [5.41, 5.74) is 6.50. The number of fused-ring (bicyclic) bond motifs is 2. The van der Waals surface area contributed by atoms with Gasteiger partial charge in [-0.25, -0.2) is 0 Å². The number of carbonyl (C=O) groups excluding carboxylic acids is 1. The summed E-state index contributed by atoms with van der Waals surface area (Å²) in [5, 5.41) is 12.3. The monoisotopic (exact) mass is 684 g/mol.